The lowest BCUT2D eigenvalue weighted by molar-refractivity contribution is -0.0756. The van der Waals surface area contributed by atoms with Crippen LogP contribution in [0.3, 0.4) is 0 Å². The molecule has 0 fully saturated rings. The van der Waals surface area contributed by atoms with E-state index in [1.54, 1.807) is 23.9 Å². The first-order valence-electron chi connectivity index (χ1n) is 4.87. The van der Waals surface area contributed by atoms with E-state index in [-0.39, 0.29) is 5.91 Å². The van der Waals surface area contributed by atoms with E-state index in [0.29, 0.717) is 5.56 Å². The Morgan fingerprint density at radius 3 is 2.94 bits per heavy atom. The first-order valence-corrected chi connectivity index (χ1v) is 4.87. The highest BCUT2D eigenvalue weighted by molar-refractivity contribution is 5.97. The summed E-state index contributed by atoms with van der Waals surface area (Å²) in [6, 6.07) is 5.40. The molecule has 84 valence electrons. The molecular weight excluding hydrogens is 206 g/mol. The van der Waals surface area contributed by atoms with E-state index >= 15 is 0 Å². The molecule has 1 aromatic carbocycles. The van der Waals surface area contributed by atoms with Crippen LogP contribution >= 0.6 is 0 Å². The van der Waals surface area contributed by atoms with E-state index in [1.807, 2.05) is 19.3 Å². The third-order valence-electron chi connectivity index (χ3n) is 2.43. The van der Waals surface area contributed by atoms with Crippen LogP contribution in [0.4, 0.5) is 0 Å². The molecule has 0 N–H and O–H groups in total. The maximum absolute atomic E-state index is 11.8. The molecule has 0 saturated carbocycles. The van der Waals surface area contributed by atoms with Gasteiger partial charge in [-0.2, -0.15) is 5.10 Å². The summed E-state index contributed by atoms with van der Waals surface area (Å²) in [4.78, 5) is 16.6. The summed E-state index contributed by atoms with van der Waals surface area (Å²) in [5, 5.41) is 6.44. The van der Waals surface area contributed by atoms with Crippen molar-refractivity contribution in [3.63, 3.8) is 0 Å². The Bertz CT molecular complexity index is 533. The van der Waals surface area contributed by atoms with Gasteiger partial charge in [0.05, 0.1) is 12.6 Å². The summed E-state index contributed by atoms with van der Waals surface area (Å²) in [5.74, 6) is -0.185. The fraction of sp³-hybridized carbons (Fsp3) is 0.273. The predicted molar refractivity (Wildman–Crippen MR) is 59.8 cm³/mol. The topological polar surface area (TPSA) is 47.4 Å². The highest BCUT2D eigenvalue weighted by Gasteiger charge is 2.12. The fourth-order valence-electron chi connectivity index (χ4n) is 1.54. The summed E-state index contributed by atoms with van der Waals surface area (Å²) in [5.41, 5.74) is 1.37. The van der Waals surface area contributed by atoms with Gasteiger partial charge in [-0.25, -0.2) is 5.06 Å². The van der Waals surface area contributed by atoms with Crippen molar-refractivity contribution in [2.75, 3.05) is 14.2 Å². The number of amides is 1. The SMILES string of the molecule is CON(C)C(=O)c1ccc2cn(C)nc2c1. The Hall–Kier alpha value is -1.88. The Balaban J connectivity index is 2.42. The van der Waals surface area contributed by atoms with E-state index in [4.69, 9.17) is 4.84 Å². The Labute approximate surface area is 93.2 Å². The number of carbonyl (C=O) groups is 1. The first-order chi connectivity index (χ1) is 7.61. The van der Waals surface area contributed by atoms with Crippen LogP contribution in [0.2, 0.25) is 0 Å². The number of fused-ring (bicyclic) bond motifs is 1. The third-order valence-corrected chi connectivity index (χ3v) is 2.43. The summed E-state index contributed by atoms with van der Waals surface area (Å²) in [6.45, 7) is 0. The van der Waals surface area contributed by atoms with Crippen LogP contribution in [0.5, 0.6) is 0 Å². The van der Waals surface area contributed by atoms with Crippen molar-refractivity contribution >= 4 is 16.8 Å². The number of aryl methyl sites for hydroxylation is 1. The minimum Gasteiger partial charge on any atom is -0.275 e. The average molecular weight is 219 g/mol. The zero-order valence-corrected chi connectivity index (χ0v) is 9.47. The second-order valence-corrected chi connectivity index (χ2v) is 3.56. The highest BCUT2D eigenvalue weighted by Crippen LogP contribution is 2.15. The van der Waals surface area contributed by atoms with E-state index in [2.05, 4.69) is 5.10 Å². The van der Waals surface area contributed by atoms with Crippen LogP contribution in [0, 0.1) is 0 Å². The minimum absolute atomic E-state index is 0.185. The molecule has 16 heavy (non-hydrogen) atoms. The number of hydrogen-bond donors (Lipinski definition) is 0. The smallest absolute Gasteiger partial charge is 0.275 e. The number of rotatable bonds is 2. The molecule has 1 amide bonds. The van der Waals surface area contributed by atoms with Gasteiger partial charge in [0, 0.05) is 31.2 Å². The van der Waals surface area contributed by atoms with Gasteiger partial charge in [0.2, 0.25) is 0 Å². The molecule has 0 aliphatic carbocycles. The maximum Gasteiger partial charge on any atom is 0.277 e. The van der Waals surface area contributed by atoms with Gasteiger partial charge in [0.25, 0.3) is 5.91 Å². The molecule has 0 aliphatic rings. The molecule has 0 spiro atoms. The summed E-state index contributed by atoms with van der Waals surface area (Å²) in [6.07, 6.45) is 1.91. The Morgan fingerprint density at radius 1 is 1.50 bits per heavy atom. The lowest BCUT2D eigenvalue weighted by Crippen LogP contribution is -2.25. The molecule has 0 aliphatic heterocycles. The van der Waals surface area contributed by atoms with Gasteiger partial charge >= 0.3 is 0 Å². The largest absolute Gasteiger partial charge is 0.277 e. The van der Waals surface area contributed by atoms with E-state index in [9.17, 15) is 4.79 Å². The Morgan fingerprint density at radius 2 is 2.25 bits per heavy atom. The van der Waals surface area contributed by atoms with Crippen LogP contribution in [0.15, 0.2) is 24.4 Å². The van der Waals surface area contributed by atoms with Crippen LogP contribution in [0.25, 0.3) is 10.9 Å². The highest BCUT2D eigenvalue weighted by atomic mass is 16.7. The number of carbonyl (C=O) groups excluding carboxylic acids is 1. The second kappa shape index (κ2) is 3.94. The predicted octanol–water partition coefficient (Wildman–Crippen LogP) is 1.21. The molecule has 0 atom stereocenters. The molecule has 0 unspecified atom stereocenters. The van der Waals surface area contributed by atoms with Gasteiger partial charge in [-0.1, -0.05) is 6.07 Å². The molecule has 0 bridgehead atoms. The van der Waals surface area contributed by atoms with Crippen LogP contribution in [0.1, 0.15) is 10.4 Å². The van der Waals surface area contributed by atoms with Crippen molar-refractivity contribution in [3.05, 3.63) is 30.0 Å². The van der Waals surface area contributed by atoms with E-state index in [0.717, 1.165) is 10.9 Å². The summed E-state index contributed by atoms with van der Waals surface area (Å²) < 4.78 is 1.72. The summed E-state index contributed by atoms with van der Waals surface area (Å²) in [7, 11) is 4.88. The fourth-order valence-corrected chi connectivity index (χ4v) is 1.54. The van der Waals surface area contributed by atoms with Crippen molar-refractivity contribution < 1.29 is 9.63 Å². The molecule has 1 heterocycles. The minimum atomic E-state index is -0.185. The third kappa shape index (κ3) is 1.77. The normalized spacial score (nSPS) is 10.7. The standard InChI is InChI=1S/C11H13N3O2/c1-13-7-9-5-4-8(6-10(9)12-13)11(15)14(2)16-3/h4-7H,1-3H3. The monoisotopic (exact) mass is 219 g/mol. The molecule has 5 nitrogen and oxygen atoms in total. The van der Waals surface area contributed by atoms with Crippen LogP contribution in [-0.4, -0.2) is 34.9 Å². The lowest BCUT2D eigenvalue weighted by Gasteiger charge is -2.13. The molecular formula is C11H13N3O2. The van der Waals surface area contributed by atoms with Gasteiger partial charge in [-0.05, 0) is 12.1 Å². The summed E-state index contributed by atoms with van der Waals surface area (Å²) >= 11 is 0. The molecule has 5 heteroatoms. The molecule has 2 aromatic rings. The zero-order valence-electron chi connectivity index (χ0n) is 9.47. The average Bonchev–Trinajstić information content (AvgIpc) is 2.65. The zero-order chi connectivity index (χ0) is 11.7. The Kier molecular flexibility index (Phi) is 2.62. The van der Waals surface area contributed by atoms with Crippen molar-refractivity contribution in [2.45, 2.75) is 0 Å². The van der Waals surface area contributed by atoms with Crippen molar-refractivity contribution in [1.29, 1.82) is 0 Å². The van der Waals surface area contributed by atoms with Gasteiger partial charge in [-0.3, -0.25) is 14.3 Å². The number of nitrogens with zero attached hydrogens (tertiary/aromatic N) is 3. The molecule has 1 aromatic heterocycles. The van der Waals surface area contributed by atoms with Crippen molar-refractivity contribution in [2.24, 2.45) is 7.05 Å². The number of benzene rings is 1. The quantitative estimate of drug-likeness (QED) is 0.713. The van der Waals surface area contributed by atoms with Crippen molar-refractivity contribution in [3.8, 4) is 0 Å². The number of aromatic nitrogens is 2. The van der Waals surface area contributed by atoms with Gasteiger partial charge < -0.3 is 0 Å². The van der Waals surface area contributed by atoms with Gasteiger partial charge in [0.1, 0.15) is 0 Å². The number of hydrogen-bond acceptors (Lipinski definition) is 3. The maximum atomic E-state index is 11.8. The second-order valence-electron chi connectivity index (χ2n) is 3.56. The van der Waals surface area contributed by atoms with Crippen LogP contribution < -0.4 is 0 Å². The molecule has 0 saturated heterocycles. The molecule has 2 rings (SSSR count). The van der Waals surface area contributed by atoms with E-state index < -0.39 is 0 Å². The van der Waals surface area contributed by atoms with Gasteiger partial charge in [0.15, 0.2) is 0 Å². The lowest BCUT2D eigenvalue weighted by atomic mass is 10.1. The first kappa shape index (κ1) is 10.6. The molecule has 0 radical (unpaired) electrons. The number of hydroxylamine groups is 2. The van der Waals surface area contributed by atoms with Gasteiger partial charge in [-0.15, -0.1) is 0 Å². The van der Waals surface area contributed by atoms with Crippen molar-refractivity contribution in [1.82, 2.24) is 14.8 Å². The van der Waals surface area contributed by atoms with Crippen LogP contribution in [-0.2, 0) is 11.9 Å². The van der Waals surface area contributed by atoms with E-state index in [1.165, 1.54) is 12.2 Å².